The molecule has 1 aliphatic heterocycles. The molecule has 0 aromatic heterocycles. The van der Waals surface area contributed by atoms with Crippen molar-refractivity contribution in [2.45, 2.75) is 44.6 Å². The van der Waals surface area contributed by atoms with E-state index in [1.165, 1.54) is 12.1 Å². The largest absolute Gasteiger partial charge is 0.394 e. The second kappa shape index (κ2) is 8.62. The lowest BCUT2D eigenvalue weighted by Crippen LogP contribution is -2.45. The van der Waals surface area contributed by atoms with Crippen LogP contribution in [0, 0.1) is 17.7 Å². The average Bonchev–Trinajstić information content (AvgIpc) is 3.21. The standard InChI is InChI=1S/C20H27FN2O3/c21-17-7-5-14(6-8-17)18(13-24)22-19(25)15-9-11-23(12-10-15)20(26)16-3-1-2-4-16/h5-8,15-16,18,24H,1-4,9-13H2,(H,22,25)/t18-/m1/s1. The van der Waals surface area contributed by atoms with E-state index in [1.54, 1.807) is 12.1 Å². The first-order valence-electron chi connectivity index (χ1n) is 9.54. The molecule has 1 saturated heterocycles. The van der Waals surface area contributed by atoms with Gasteiger partial charge in [-0.3, -0.25) is 9.59 Å². The SMILES string of the molecule is O=C(N[C@H](CO)c1ccc(F)cc1)C1CCN(C(=O)C2CCCC2)CC1. The Kier molecular flexibility index (Phi) is 6.25. The molecule has 0 unspecified atom stereocenters. The minimum atomic E-state index is -0.541. The lowest BCUT2D eigenvalue weighted by molar-refractivity contribution is -0.139. The van der Waals surface area contributed by atoms with Crippen molar-refractivity contribution in [3.8, 4) is 0 Å². The van der Waals surface area contributed by atoms with Gasteiger partial charge in [-0.1, -0.05) is 25.0 Å². The molecular formula is C20H27FN2O3. The zero-order chi connectivity index (χ0) is 18.5. The molecule has 0 bridgehead atoms. The van der Waals surface area contributed by atoms with Crippen LogP contribution < -0.4 is 5.32 Å². The topological polar surface area (TPSA) is 69.6 Å². The summed E-state index contributed by atoms with van der Waals surface area (Å²) in [7, 11) is 0. The summed E-state index contributed by atoms with van der Waals surface area (Å²) in [5, 5.41) is 12.4. The number of halogens is 1. The van der Waals surface area contributed by atoms with E-state index in [1.807, 2.05) is 4.90 Å². The molecule has 5 nitrogen and oxygen atoms in total. The number of piperidine rings is 1. The molecule has 6 heteroatoms. The Bertz CT molecular complexity index is 620. The molecule has 1 aromatic rings. The summed E-state index contributed by atoms with van der Waals surface area (Å²) >= 11 is 0. The average molecular weight is 362 g/mol. The van der Waals surface area contributed by atoms with Gasteiger partial charge in [-0.25, -0.2) is 4.39 Å². The number of benzene rings is 1. The van der Waals surface area contributed by atoms with E-state index in [-0.39, 0.29) is 36.1 Å². The first-order valence-corrected chi connectivity index (χ1v) is 9.54. The second-order valence-corrected chi connectivity index (χ2v) is 7.38. The number of aliphatic hydroxyl groups excluding tert-OH is 1. The Morgan fingerprint density at radius 1 is 1.08 bits per heavy atom. The summed E-state index contributed by atoms with van der Waals surface area (Å²) in [6.45, 7) is 0.998. The van der Waals surface area contributed by atoms with Crippen LogP contribution in [0.2, 0.25) is 0 Å². The predicted octanol–water partition coefficient (Wildman–Crippen LogP) is 2.40. The summed E-state index contributed by atoms with van der Waals surface area (Å²) in [5.41, 5.74) is 0.677. The first kappa shape index (κ1) is 18.8. The molecule has 1 atom stereocenters. The quantitative estimate of drug-likeness (QED) is 0.845. The van der Waals surface area contributed by atoms with E-state index in [0.29, 0.717) is 31.5 Å². The Balaban J connectivity index is 1.51. The van der Waals surface area contributed by atoms with Gasteiger partial charge in [0.1, 0.15) is 5.82 Å². The van der Waals surface area contributed by atoms with Gasteiger partial charge in [-0.2, -0.15) is 0 Å². The number of nitrogens with one attached hydrogen (secondary N) is 1. The van der Waals surface area contributed by atoms with E-state index in [4.69, 9.17) is 0 Å². The third-order valence-electron chi connectivity index (χ3n) is 5.65. The van der Waals surface area contributed by atoms with Crippen molar-refractivity contribution < 1.29 is 19.1 Å². The smallest absolute Gasteiger partial charge is 0.225 e. The van der Waals surface area contributed by atoms with Crippen LogP contribution in [0.4, 0.5) is 4.39 Å². The monoisotopic (exact) mass is 362 g/mol. The maximum absolute atomic E-state index is 13.0. The van der Waals surface area contributed by atoms with Crippen LogP contribution in [-0.4, -0.2) is 41.5 Å². The highest BCUT2D eigenvalue weighted by Crippen LogP contribution is 2.28. The van der Waals surface area contributed by atoms with E-state index in [9.17, 15) is 19.1 Å². The second-order valence-electron chi connectivity index (χ2n) is 7.38. The van der Waals surface area contributed by atoms with Crippen molar-refractivity contribution in [2.24, 2.45) is 11.8 Å². The maximum atomic E-state index is 13.0. The fourth-order valence-electron chi connectivity index (χ4n) is 4.01. The molecule has 142 valence electrons. The minimum Gasteiger partial charge on any atom is -0.394 e. The van der Waals surface area contributed by atoms with Crippen molar-refractivity contribution in [3.05, 3.63) is 35.6 Å². The number of nitrogens with zero attached hydrogens (tertiary/aromatic N) is 1. The van der Waals surface area contributed by atoms with Crippen molar-refractivity contribution in [2.75, 3.05) is 19.7 Å². The van der Waals surface area contributed by atoms with Gasteiger partial charge in [-0.05, 0) is 43.4 Å². The highest BCUT2D eigenvalue weighted by atomic mass is 19.1. The number of likely N-dealkylation sites (tertiary alicyclic amines) is 1. The van der Waals surface area contributed by atoms with Gasteiger partial charge in [0.25, 0.3) is 0 Å². The number of amides is 2. The molecular weight excluding hydrogens is 335 g/mol. The molecule has 1 aliphatic carbocycles. The number of carbonyl (C=O) groups is 2. The zero-order valence-corrected chi connectivity index (χ0v) is 15.0. The van der Waals surface area contributed by atoms with Gasteiger partial charge < -0.3 is 15.3 Å². The van der Waals surface area contributed by atoms with Crippen molar-refractivity contribution in [1.82, 2.24) is 10.2 Å². The number of aliphatic hydroxyl groups is 1. The molecule has 2 amide bonds. The Labute approximate surface area is 153 Å². The maximum Gasteiger partial charge on any atom is 0.225 e. The van der Waals surface area contributed by atoms with Gasteiger partial charge in [-0.15, -0.1) is 0 Å². The summed E-state index contributed by atoms with van der Waals surface area (Å²) in [6.07, 6.45) is 5.56. The Hall–Kier alpha value is -1.95. The number of hydrogen-bond donors (Lipinski definition) is 2. The molecule has 2 aliphatic rings. The van der Waals surface area contributed by atoms with Gasteiger partial charge in [0, 0.05) is 24.9 Å². The number of carbonyl (C=O) groups excluding carboxylic acids is 2. The predicted molar refractivity (Wildman–Crippen MR) is 95.6 cm³/mol. The normalized spacial score (nSPS) is 20.2. The third kappa shape index (κ3) is 4.41. The lowest BCUT2D eigenvalue weighted by Gasteiger charge is -2.33. The van der Waals surface area contributed by atoms with E-state index >= 15 is 0 Å². The summed E-state index contributed by atoms with van der Waals surface area (Å²) in [6, 6.07) is 5.23. The van der Waals surface area contributed by atoms with E-state index in [2.05, 4.69) is 5.32 Å². The molecule has 2 N–H and O–H groups in total. The van der Waals surface area contributed by atoms with Crippen molar-refractivity contribution >= 4 is 11.8 Å². The van der Waals surface area contributed by atoms with Gasteiger partial charge >= 0.3 is 0 Å². The van der Waals surface area contributed by atoms with E-state index < -0.39 is 6.04 Å². The van der Waals surface area contributed by atoms with E-state index in [0.717, 1.165) is 25.7 Å². The van der Waals surface area contributed by atoms with Crippen molar-refractivity contribution in [3.63, 3.8) is 0 Å². The van der Waals surface area contributed by atoms with Crippen LogP contribution in [-0.2, 0) is 9.59 Å². The fraction of sp³-hybridized carbons (Fsp3) is 0.600. The number of rotatable bonds is 5. The molecule has 3 rings (SSSR count). The molecule has 1 aromatic carbocycles. The molecule has 1 heterocycles. The van der Waals surface area contributed by atoms with Crippen molar-refractivity contribution in [1.29, 1.82) is 0 Å². The summed E-state index contributed by atoms with van der Waals surface area (Å²) < 4.78 is 13.0. The van der Waals surface area contributed by atoms with Crippen LogP contribution in [0.3, 0.4) is 0 Å². The molecule has 1 saturated carbocycles. The highest BCUT2D eigenvalue weighted by Gasteiger charge is 2.32. The third-order valence-corrected chi connectivity index (χ3v) is 5.65. The fourth-order valence-corrected chi connectivity index (χ4v) is 4.01. The Morgan fingerprint density at radius 2 is 1.69 bits per heavy atom. The molecule has 0 spiro atoms. The molecule has 0 radical (unpaired) electrons. The van der Waals surface area contributed by atoms with Gasteiger partial charge in [0.05, 0.1) is 12.6 Å². The van der Waals surface area contributed by atoms with Gasteiger partial charge in [0.15, 0.2) is 0 Å². The Morgan fingerprint density at radius 3 is 2.27 bits per heavy atom. The highest BCUT2D eigenvalue weighted by molar-refractivity contribution is 5.81. The minimum absolute atomic E-state index is 0.110. The summed E-state index contributed by atoms with van der Waals surface area (Å²) in [4.78, 5) is 26.9. The zero-order valence-electron chi connectivity index (χ0n) is 15.0. The summed E-state index contributed by atoms with van der Waals surface area (Å²) in [5.74, 6) is -0.187. The van der Waals surface area contributed by atoms with Crippen LogP contribution in [0.25, 0.3) is 0 Å². The molecule has 2 fully saturated rings. The lowest BCUT2D eigenvalue weighted by atomic mass is 9.94. The van der Waals surface area contributed by atoms with Crippen LogP contribution >= 0.6 is 0 Å². The first-order chi connectivity index (χ1) is 12.6. The van der Waals surface area contributed by atoms with Gasteiger partial charge in [0.2, 0.25) is 11.8 Å². The van der Waals surface area contributed by atoms with Crippen LogP contribution in [0.1, 0.15) is 50.1 Å². The number of hydrogen-bond acceptors (Lipinski definition) is 3. The van der Waals surface area contributed by atoms with Crippen LogP contribution in [0.5, 0.6) is 0 Å². The van der Waals surface area contributed by atoms with Crippen LogP contribution in [0.15, 0.2) is 24.3 Å². The molecule has 26 heavy (non-hydrogen) atoms.